The van der Waals surface area contributed by atoms with Crippen molar-refractivity contribution in [1.82, 2.24) is 0 Å². The summed E-state index contributed by atoms with van der Waals surface area (Å²) in [4.78, 5) is 0. The lowest BCUT2D eigenvalue weighted by Gasteiger charge is -2.26. The Balaban J connectivity index is 3.35. The van der Waals surface area contributed by atoms with E-state index in [4.69, 9.17) is 0 Å². The first-order valence-electron chi connectivity index (χ1n) is 7.65. The average Bonchev–Trinajstić information content (AvgIpc) is 2.26. The van der Waals surface area contributed by atoms with Crippen LogP contribution in [0, 0.1) is 6.42 Å². The van der Waals surface area contributed by atoms with Gasteiger partial charge >= 0.3 is 0 Å². The normalized spacial score (nSPS) is 13.7. The molecule has 111 valence electrons. The van der Waals surface area contributed by atoms with Crippen LogP contribution >= 0.6 is 0 Å². The summed E-state index contributed by atoms with van der Waals surface area (Å²) in [6.07, 6.45) is 5.60. The maximum Gasteiger partial charge on any atom is -0.0132 e. The van der Waals surface area contributed by atoms with E-state index in [0.29, 0.717) is 0 Å². The molecule has 1 radical (unpaired) electrons. The molecule has 1 aromatic carbocycles. The zero-order valence-corrected chi connectivity index (χ0v) is 14.6. The molecule has 0 bridgehead atoms. The van der Waals surface area contributed by atoms with Crippen molar-refractivity contribution in [2.45, 2.75) is 72.6 Å². The molecule has 0 atom stereocenters. The van der Waals surface area contributed by atoms with Gasteiger partial charge in [-0.1, -0.05) is 78.3 Å². The highest BCUT2D eigenvalue weighted by Gasteiger charge is 2.20. The Morgan fingerprint density at radius 2 is 1.35 bits per heavy atom. The number of benzene rings is 1. The second-order valence-electron chi connectivity index (χ2n) is 7.95. The third kappa shape index (κ3) is 4.81. The van der Waals surface area contributed by atoms with Crippen molar-refractivity contribution in [2.24, 2.45) is 0 Å². The molecule has 0 fully saturated rings. The Bertz CT molecular complexity index is 443. The third-order valence-corrected chi connectivity index (χ3v) is 3.63. The molecule has 0 unspecified atom stereocenters. The van der Waals surface area contributed by atoms with E-state index in [9.17, 15) is 0 Å². The van der Waals surface area contributed by atoms with Crippen molar-refractivity contribution in [2.75, 3.05) is 0 Å². The fourth-order valence-electron chi connectivity index (χ4n) is 2.27. The summed E-state index contributed by atoms with van der Waals surface area (Å²) in [5.74, 6) is 0. The van der Waals surface area contributed by atoms with E-state index in [2.05, 4.69) is 86.1 Å². The SMILES string of the molecule is C[CH]CC(C)=Cc1cc(C(C)(C)C)cc(C(C)(C)C)c1. The van der Waals surface area contributed by atoms with Crippen molar-refractivity contribution >= 4 is 6.08 Å². The number of allylic oxidation sites excluding steroid dienone is 1. The van der Waals surface area contributed by atoms with Gasteiger partial charge in [0.25, 0.3) is 0 Å². The van der Waals surface area contributed by atoms with Crippen LogP contribution in [0.2, 0.25) is 0 Å². The number of hydrogen-bond acceptors (Lipinski definition) is 0. The molecule has 0 nitrogen and oxygen atoms in total. The quantitative estimate of drug-likeness (QED) is 0.605. The van der Waals surface area contributed by atoms with E-state index in [1.165, 1.54) is 22.3 Å². The Morgan fingerprint density at radius 1 is 0.900 bits per heavy atom. The highest BCUT2D eigenvalue weighted by molar-refractivity contribution is 5.56. The van der Waals surface area contributed by atoms with Gasteiger partial charge in [0.1, 0.15) is 0 Å². The lowest BCUT2D eigenvalue weighted by atomic mass is 9.79. The molecule has 0 N–H and O–H groups in total. The summed E-state index contributed by atoms with van der Waals surface area (Å²) in [5, 5.41) is 0. The Hall–Kier alpha value is -1.04. The first kappa shape index (κ1) is 17.0. The smallest absolute Gasteiger partial charge is 0.0132 e. The minimum atomic E-state index is 0.189. The topological polar surface area (TPSA) is 0 Å². The zero-order valence-electron chi connectivity index (χ0n) is 14.6. The predicted octanol–water partition coefficient (Wildman–Crippen LogP) is 6.30. The van der Waals surface area contributed by atoms with Gasteiger partial charge in [-0.05, 0) is 47.3 Å². The lowest BCUT2D eigenvalue weighted by Crippen LogP contribution is -2.16. The van der Waals surface area contributed by atoms with Crippen LogP contribution < -0.4 is 0 Å². The van der Waals surface area contributed by atoms with E-state index < -0.39 is 0 Å². The van der Waals surface area contributed by atoms with Crippen molar-refractivity contribution in [3.8, 4) is 0 Å². The predicted molar refractivity (Wildman–Crippen MR) is 92.1 cm³/mol. The molecule has 1 aromatic rings. The third-order valence-electron chi connectivity index (χ3n) is 3.63. The molecule has 0 heterocycles. The molecule has 1 rings (SSSR count). The van der Waals surface area contributed by atoms with Gasteiger partial charge in [-0.3, -0.25) is 0 Å². The van der Waals surface area contributed by atoms with E-state index in [1.54, 1.807) is 0 Å². The van der Waals surface area contributed by atoms with E-state index in [-0.39, 0.29) is 10.8 Å². The molecular formula is C20H31. The molecule has 0 heteroatoms. The largest absolute Gasteiger partial charge is 0.0725 e. The zero-order chi connectivity index (χ0) is 15.6. The standard InChI is InChI=1S/C20H31/c1-9-10-15(2)11-16-12-17(19(3,4)5)14-18(13-16)20(6,7)8/h9,11-14H,10H2,1-8H3. The monoisotopic (exact) mass is 271 g/mol. The van der Waals surface area contributed by atoms with E-state index in [1.807, 2.05) is 0 Å². The van der Waals surface area contributed by atoms with Crippen LogP contribution in [0.15, 0.2) is 23.8 Å². The van der Waals surface area contributed by atoms with Crippen LogP contribution in [-0.4, -0.2) is 0 Å². The minimum Gasteiger partial charge on any atom is -0.0725 e. The first-order valence-corrected chi connectivity index (χ1v) is 7.65. The summed E-state index contributed by atoms with van der Waals surface area (Å²) in [6, 6.07) is 7.06. The van der Waals surface area contributed by atoms with E-state index >= 15 is 0 Å². The van der Waals surface area contributed by atoms with Crippen LogP contribution in [0.3, 0.4) is 0 Å². The molecule has 0 saturated heterocycles. The Morgan fingerprint density at radius 3 is 1.70 bits per heavy atom. The van der Waals surface area contributed by atoms with Crippen LogP contribution in [0.1, 0.15) is 78.5 Å². The summed E-state index contributed by atoms with van der Waals surface area (Å²) in [7, 11) is 0. The molecule has 0 amide bonds. The lowest BCUT2D eigenvalue weighted by molar-refractivity contribution is 0.568. The molecule has 0 aliphatic carbocycles. The van der Waals surface area contributed by atoms with Gasteiger partial charge in [-0.15, -0.1) is 0 Å². The van der Waals surface area contributed by atoms with Gasteiger partial charge < -0.3 is 0 Å². The van der Waals surface area contributed by atoms with Crippen LogP contribution in [0.25, 0.3) is 6.08 Å². The van der Waals surface area contributed by atoms with Crippen LogP contribution in [-0.2, 0) is 10.8 Å². The maximum absolute atomic E-state index is 2.37. The van der Waals surface area contributed by atoms with Crippen molar-refractivity contribution in [3.05, 3.63) is 46.9 Å². The molecule has 0 aliphatic rings. The van der Waals surface area contributed by atoms with Gasteiger partial charge in [-0.2, -0.15) is 0 Å². The van der Waals surface area contributed by atoms with E-state index in [0.717, 1.165) is 6.42 Å². The Labute approximate surface area is 126 Å². The van der Waals surface area contributed by atoms with Gasteiger partial charge in [0.15, 0.2) is 0 Å². The average molecular weight is 271 g/mol. The van der Waals surface area contributed by atoms with Crippen LogP contribution in [0.5, 0.6) is 0 Å². The van der Waals surface area contributed by atoms with Gasteiger partial charge in [-0.25, -0.2) is 0 Å². The van der Waals surface area contributed by atoms with Crippen LogP contribution in [0.4, 0.5) is 0 Å². The second kappa shape index (κ2) is 6.16. The molecule has 0 aliphatic heterocycles. The van der Waals surface area contributed by atoms with Gasteiger partial charge in [0.05, 0.1) is 0 Å². The summed E-state index contributed by atoms with van der Waals surface area (Å²) < 4.78 is 0. The minimum absolute atomic E-state index is 0.189. The second-order valence-corrected chi connectivity index (χ2v) is 7.95. The molecule has 0 saturated carbocycles. The molecule has 0 aromatic heterocycles. The molecule has 20 heavy (non-hydrogen) atoms. The molecule has 0 spiro atoms. The van der Waals surface area contributed by atoms with Crippen molar-refractivity contribution in [1.29, 1.82) is 0 Å². The fourth-order valence-corrected chi connectivity index (χ4v) is 2.27. The number of hydrogen-bond donors (Lipinski definition) is 0. The maximum atomic E-state index is 2.37. The fraction of sp³-hybridized carbons (Fsp3) is 0.550. The highest BCUT2D eigenvalue weighted by Crippen LogP contribution is 2.31. The summed E-state index contributed by atoms with van der Waals surface area (Å²) >= 11 is 0. The van der Waals surface area contributed by atoms with Crippen molar-refractivity contribution in [3.63, 3.8) is 0 Å². The first-order chi connectivity index (χ1) is 9.04. The molecular weight excluding hydrogens is 240 g/mol. The summed E-state index contributed by atoms with van der Waals surface area (Å²) in [5.41, 5.74) is 5.97. The highest BCUT2D eigenvalue weighted by atomic mass is 14.2. The Kier molecular flexibility index (Phi) is 5.24. The van der Waals surface area contributed by atoms with Gasteiger partial charge in [0.2, 0.25) is 0 Å². The van der Waals surface area contributed by atoms with Crippen molar-refractivity contribution < 1.29 is 0 Å². The summed E-state index contributed by atoms with van der Waals surface area (Å²) in [6.45, 7) is 18.0. The number of rotatable bonds is 3. The van der Waals surface area contributed by atoms with Gasteiger partial charge in [0, 0.05) is 0 Å².